The van der Waals surface area contributed by atoms with E-state index in [1.54, 1.807) is 36.6 Å². The Morgan fingerprint density at radius 1 is 1.12 bits per heavy atom. The van der Waals surface area contributed by atoms with Crippen LogP contribution in [0.3, 0.4) is 0 Å². The first-order valence-electron chi connectivity index (χ1n) is 11.2. The Morgan fingerprint density at radius 3 is 2.58 bits per heavy atom. The number of anilines is 2. The number of aryl methyl sites for hydroxylation is 1. The lowest BCUT2D eigenvalue weighted by Crippen LogP contribution is -2.47. The molecule has 0 N–H and O–H groups in total. The molecular weight excluding hydrogens is 462 g/mol. The van der Waals surface area contributed by atoms with Gasteiger partial charge in [-0.3, -0.25) is 4.90 Å². The van der Waals surface area contributed by atoms with Crippen molar-refractivity contribution in [3.8, 4) is 5.75 Å². The molecule has 2 aromatic carbocycles. The SMILES string of the molecule is COc1ccc(C)cc1S(=O)(=O)N(Cl)c1cc(N2CCN(CC3CC3)CC2)c2occc2c1. The van der Waals surface area contributed by atoms with Crippen molar-refractivity contribution >= 4 is 44.1 Å². The van der Waals surface area contributed by atoms with E-state index in [2.05, 4.69) is 9.80 Å². The third kappa shape index (κ3) is 4.39. The fraction of sp³-hybridized carbons (Fsp3) is 0.417. The number of furan rings is 1. The van der Waals surface area contributed by atoms with Crippen molar-refractivity contribution < 1.29 is 17.6 Å². The second-order valence-electron chi connectivity index (χ2n) is 8.91. The summed E-state index contributed by atoms with van der Waals surface area (Å²) < 4.78 is 38.8. The number of methoxy groups -OCH3 is 1. The number of hydrogen-bond donors (Lipinski definition) is 0. The summed E-state index contributed by atoms with van der Waals surface area (Å²) in [6.07, 6.45) is 4.32. The lowest BCUT2D eigenvalue weighted by atomic mass is 10.1. The summed E-state index contributed by atoms with van der Waals surface area (Å²) in [5.41, 5.74) is 2.76. The molecule has 0 amide bonds. The van der Waals surface area contributed by atoms with Crippen molar-refractivity contribution in [2.45, 2.75) is 24.7 Å². The van der Waals surface area contributed by atoms with E-state index in [1.165, 1.54) is 26.5 Å². The molecule has 176 valence electrons. The van der Waals surface area contributed by atoms with Gasteiger partial charge >= 0.3 is 0 Å². The molecule has 0 atom stereocenters. The van der Waals surface area contributed by atoms with Crippen LogP contribution in [0.25, 0.3) is 11.0 Å². The van der Waals surface area contributed by atoms with Crippen LogP contribution in [0, 0.1) is 12.8 Å². The first kappa shape index (κ1) is 22.4. The maximum Gasteiger partial charge on any atom is 0.281 e. The zero-order valence-electron chi connectivity index (χ0n) is 18.8. The quantitative estimate of drug-likeness (QED) is 0.451. The van der Waals surface area contributed by atoms with Gasteiger partial charge in [0.15, 0.2) is 5.58 Å². The van der Waals surface area contributed by atoms with Crippen LogP contribution in [-0.2, 0) is 10.0 Å². The van der Waals surface area contributed by atoms with Crippen LogP contribution in [-0.4, -0.2) is 53.2 Å². The summed E-state index contributed by atoms with van der Waals surface area (Å²) in [6, 6.07) is 10.4. The third-order valence-corrected chi connectivity index (χ3v) is 8.70. The fourth-order valence-corrected chi connectivity index (χ4v) is 6.05. The first-order valence-corrected chi connectivity index (χ1v) is 13.0. The predicted octanol–water partition coefficient (Wildman–Crippen LogP) is 4.63. The van der Waals surface area contributed by atoms with Crippen LogP contribution in [0.15, 0.2) is 52.0 Å². The number of sulfonamides is 1. The number of benzene rings is 2. The summed E-state index contributed by atoms with van der Waals surface area (Å²) in [6.45, 7) is 6.67. The molecule has 1 aliphatic heterocycles. The van der Waals surface area contributed by atoms with E-state index in [-0.39, 0.29) is 10.6 Å². The summed E-state index contributed by atoms with van der Waals surface area (Å²) in [4.78, 5) is 4.80. The number of halogens is 1. The monoisotopic (exact) mass is 489 g/mol. The maximum absolute atomic E-state index is 13.4. The van der Waals surface area contributed by atoms with Gasteiger partial charge in [-0.05, 0) is 61.6 Å². The van der Waals surface area contributed by atoms with Crippen LogP contribution in [0.5, 0.6) is 5.75 Å². The van der Waals surface area contributed by atoms with E-state index < -0.39 is 10.0 Å². The Kier molecular flexibility index (Phi) is 5.93. The van der Waals surface area contributed by atoms with E-state index in [1.807, 2.05) is 13.0 Å². The Hall–Kier alpha value is -2.42. The molecule has 2 heterocycles. The van der Waals surface area contributed by atoms with Gasteiger partial charge in [0.25, 0.3) is 10.0 Å². The molecule has 3 aromatic rings. The number of ether oxygens (including phenoxy) is 1. The van der Waals surface area contributed by atoms with Crippen molar-refractivity contribution in [1.29, 1.82) is 0 Å². The van der Waals surface area contributed by atoms with Crippen LogP contribution in [0.4, 0.5) is 11.4 Å². The average Bonchev–Trinajstić information content (AvgIpc) is 3.50. The number of hydrogen-bond acceptors (Lipinski definition) is 6. The molecule has 1 aromatic heterocycles. The number of rotatable bonds is 7. The van der Waals surface area contributed by atoms with E-state index >= 15 is 0 Å². The molecule has 5 rings (SSSR count). The highest BCUT2D eigenvalue weighted by Gasteiger charge is 2.30. The second-order valence-corrected chi connectivity index (χ2v) is 11.2. The average molecular weight is 490 g/mol. The van der Waals surface area contributed by atoms with Crippen molar-refractivity contribution in [2.75, 3.05) is 48.6 Å². The van der Waals surface area contributed by atoms with Gasteiger partial charge in [0.05, 0.1) is 24.7 Å². The maximum atomic E-state index is 13.4. The van der Waals surface area contributed by atoms with Crippen molar-refractivity contribution in [1.82, 2.24) is 4.90 Å². The molecular formula is C24H28ClN3O4S. The normalized spacial score (nSPS) is 17.5. The Balaban J connectivity index is 1.47. The molecule has 7 nitrogen and oxygen atoms in total. The third-order valence-electron chi connectivity index (χ3n) is 6.45. The molecule has 33 heavy (non-hydrogen) atoms. The molecule has 9 heteroatoms. The van der Waals surface area contributed by atoms with Crippen LogP contribution >= 0.6 is 11.8 Å². The number of fused-ring (bicyclic) bond motifs is 1. The topological polar surface area (TPSA) is 66.2 Å². The van der Waals surface area contributed by atoms with Crippen LogP contribution in [0.2, 0.25) is 0 Å². The van der Waals surface area contributed by atoms with Crippen molar-refractivity contribution in [3.05, 3.63) is 48.2 Å². The summed E-state index contributed by atoms with van der Waals surface area (Å²) >= 11 is 6.51. The smallest absolute Gasteiger partial charge is 0.281 e. The lowest BCUT2D eigenvalue weighted by molar-refractivity contribution is 0.248. The van der Waals surface area contributed by atoms with Crippen molar-refractivity contribution in [3.63, 3.8) is 0 Å². The molecule has 1 saturated heterocycles. The highest BCUT2D eigenvalue weighted by molar-refractivity contribution is 7.94. The molecule has 0 radical (unpaired) electrons. The predicted molar refractivity (Wildman–Crippen MR) is 131 cm³/mol. The minimum atomic E-state index is -4.06. The van der Waals surface area contributed by atoms with Crippen LogP contribution < -0.4 is 13.5 Å². The highest BCUT2D eigenvalue weighted by Crippen LogP contribution is 2.38. The Morgan fingerprint density at radius 2 is 1.88 bits per heavy atom. The summed E-state index contributed by atoms with van der Waals surface area (Å²) in [7, 11) is -2.61. The molecule has 1 saturated carbocycles. The standard InChI is InChI=1S/C24H28ClN3O4S/c1-17-3-6-22(31-2)23(13-17)33(29,30)28(25)20-14-19-7-12-32-24(19)21(15-20)27-10-8-26(9-11-27)16-18-4-5-18/h3,6-7,12-15,18H,4-5,8-11,16H2,1-2H3. The second kappa shape index (κ2) is 8.74. The zero-order valence-corrected chi connectivity index (χ0v) is 20.4. The van der Waals surface area contributed by atoms with Gasteiger partial charge in [-0.2, -0.15) is 12.2 Å². The van der Waals surface area contributed by atoms with Gasteiger partial charge in [0.2, 0.25) is 0 Å². The number of piperazine rings is 1. The molecule has 2 fully saturated rings. The van der Waals surface area contributed by atoms with Gasteiger partial charge in [-0.1, -0.05) is 6.07 Å². The summed E-state index contributed by atoms with van der Waals surface area (Å²) in [5, 5.41) is 0.806. The van der Waals surface area contributed by atoms with Gasteiger partial charge in [-0.25, -0.2) is 0 Å². The van der Waals surface area contributed by atoms with Gasteiger partial charge in [0.1, 0.15) is 10.6 Å². The fourth-order valence-electron chi connectivity index (χ4n) is 4.43. The van der Waals surface area contributed by atoms with E-state index in [9.17, 15) is 8.42 Å². The first-order chi connectivity index (χ1) is 15.9. The van der Waals surface area contributed by atoms with Gasteiger partial charge in [-0.15, -0.1) is 0 Å². The minimum Gasteiger partial charge on any atom is -0.495 e. The van der Waals surface area contributed by atoms with Crippen LogP contribution in [0.1, 0.15) is 18.4 Å². The summed E-state index contributed by atoms with van der Waals surface area (Å²) in [5.74, 6) is 1.12. The van der Waals surface area contributed by atoms with E-state index in [0.717, 1.165) is 58.1 Å². The Labute approximate surface area is 199 Å². The number of nitrogens with zero attached hydrogens (tertiary/aromatic N) is 3. The largest absolute Gasteiger partial charge is 0.495 e. The van der Waals surface area contributed by atoms with Crippen molar-refractivity contribution in [2.24, 2.45) is 5.92 Å². The molecule has 0 unspecified atom stereocenters. The van der Waals surface area contributed by atoms with Gasteiger partial charge < -0.3 is 14.1 Å². The lowest BCUT2D eigenvalue weighted by Gasteiger charge is -2.36. The molecule has 0 bridgehead atoms. The molecule has 0 spiro atoms. The molecule has 1 aliphatic carbocycles. The van der Waals surface area contributed by atoms with Gasteiger partial charge in [0, 0.05) is 49.9 Å². The highest BCUT2D eigenvalue weighted by atomic mass is 35.5. The van der Waals surface area contributed by atoms with E-state index in [0.29, 0.717) is 5.69 Å². The minimum absolute atomic E-state index is 0.0301. The van der Waals surface area contributed by atoms with E-state index in [4.69, 9.17) is 20.9 Å². The Bertz CT molecular complexity index is 1260. The molecule has 2 aliphatic rings. The zero-order chi connectivity index (χ0) is 23.2.